The van der Waals surface area contributed by atoms with Gasteiger partial charge in [-0.05, 0) is 52.4 Å². The molecule has 8 nitrogen and oxygen atoms in total. The highest BCUT2D eigenvalue weighted by Crippen LogP contribution is 2.51. The van der Waals surface area contributed by atoms with Gasteiger partial charge < -0.3 is 19.5 Å². The number of β-lactam (4-membered cyclic amide) rings is 1. The number of carboxylic acid groups (broad SMARTS) is 1. The predicted octanol–water partition coefficient (Wildman–Crippen LogP) is 3.21. The molecule has 0 radical (unpaired) electrons. The van der Waals surface area contributed by atoms with Crippen LogP contribution in [0.1, 0.15) is 58.0 Å². The summed E-state index contributed by atoms with van der Waals surface area (Å²) in [5.41, 5.74) is 1.10. The third kappa shape index (κ3) is 5.19. The number of hydrogen-bond acceptors (Lipinski definition) is 5. The van der Waals surface area contributed by atoms with Crippen LogP contribution >= 0.6 is 24.2 Å². The molecule has 4 rings (SSSR count). The van der Waals surface area contributed by atoms with Gasteiger partial charge in [0.05, 0.1) is 12.0 Å². The van der Waals surface area contributed by atoms with E-state index in [9.17, 15) is 14.7 Å². The van der Waals surface area contributed by atoms with E-state index in [1.807, 2.05) is 20.2 Å². The Bertz CT molecular complexity index is 897. The van der Waals surface area contributed by atoms with Crippen LogP contribution in [-0.2, 0) is 22.6 Å². The van der Waals surface area contributed by atoms with Crippen molar-refractivity contribution in [3.63, 3.8) is 0 Å². The standard InChI is InChI=1S/C23H35N5O3S.ClH/c1-5-17-25-15(2)13-27(17)10-6-7-16-8-11-26(12-9-16)14-24-18-20(29)28-19(22(30)31)23(3,4)32-21(18)28;/h13-14,16,18-19,21H,5-12H2,1-4H3,(H,30,31);1H/t18?,19-,21?;/m0./s1. The largest absolute Gasteiger partial charge is 0.480 e. The Morgan fingerprint density at radius 2 is 2.06 bits per heavy atom. The number of aliphatic carboxylic acids is 1. The molecule has 0 aromatic carbocycles. The van der Waals surface area contributed by atoms with Gasteiger partial charge in [0.15, 0.2) is 6.04 Å². The molecule has 1 N–H and O–H groups in total. The molecule has 1 aromatic heterocycles. The van der Waals surface area contributed by atoms with Crippen LogP contribution < -0.4 is 0 Å². The van der Waals surface area contributed by atoms with E-state index in [2.05, 4.69) is 39.5 Å². The van der Waals surface area contributed by atoms with Gasteiger partial charge in [-0.2, -0.15) is 0 Å². The van der Waals surface area contributed by atoms with E-state index in [1.165, 1.54) is 23.6 Å². The highest BCUT2D eigenvalue weighted by molar-refractivity contribution is 8.01. The normalized spacial score (nSPS) is 26.9. The summed E-state index contributed by atoms with van der Waals surface area (Å²) < 4.78 is 1.80. The van der Waals surface area contributed by atoms with Crippen LogP contribution in [0.4, 0.5) is 0 Å². The number of aromatic nitrogens is 2. The number of thioether (sulfide) groups is 1. The summed E-state index contributed by atoms with van der Waals surface area (Å²) in [4.78, 5) is 37.1. The minimum Gasteiger partial charge on any atom is -0.480 e. The maximum atomic E-state index is 12.6. The summed E-state index contributed by atoms with van der Waals surface area (Å²) in [5, 5.41) is 9.37. The molecule has 1 amide bonds. The first-order valence-electron chi connectivity index (χ1n) is 11.7. The number of imidazole rings is 1. The van der Waals surface area contributed by atoms with Crippen molar-refractivity contribution in [1.82, 2.24) is 19.4 Å². The van der Waals surface area contributed by atoms with Gasteiger partial charge in [-0.25, -0.2) is 9.78 Å². The molecule has 3 saturated heterocycles. The average molecular weight is 498 g/mol. The smallest absolute Gasteiger partial charge is 0.327 e. The number of piperidine rings is 1. The number of aryl methyl sites for hydroxylation is 3. The minimum atomic E-state index is -0.933. The number of halogens is 1. The zero-order valence-corrected chi connectivity index (χ0v) is 21.6. The van der Waals surface area contributed by atoms with Gasteiger partial charge >= 0.3 is 5.97 Å². The quantitative estimate of drug-likeness (QED) is 0.337. The number of aliphatic imine (C=N–C) groups is 1. The van der Waals surface area contributed by atoms with Crippen LogP contribution in [0.3, 0.4) is 0 Å². The number of nitrogens with zero attached hydrogens (tertiary/aromatic N) is 5. The Morgan fingerprint density at radius 3 is 2.70 bits per heavy atom. The summed E-state index contributed by atoms with van der Waals surface area (Å²) in [6.45, 7) is 11.0. The van der Waals surface area contributed by atoms with E-state index in [4.69, 9.17) is 0 Å². The number of likely N-dealkylation sites (tertiary alicyclic amines) is 1. The second-order valence-corrected chi connectivity index (χ2v) is 11.5. The van der Waals surface area contributed by atoms with Gasteiger partial charge in [0.1, 0.15) is 17.2 Å². The highest BCUT2D eigenvalue weighted by Gasteiger charge is 2.63. The van der Waals surface area contributed by atoms with Crippen molar-refractivity contribution < 1.29 is 14.7 Å². The lowest BCUT2D eigenvalue weighted by molar-refractivity contribution is -0.158. The molecule has 0 spiro atoms. The average Bonchev–Trinajstić information content (AvgIpc) is 3.23. The van der Waals surface area contributed by atoms with E-state index in [0.717, 1.165) is 50.5 Å². The minimum absolute atomic E-state index is 0. The Hall–Kier alpha value is -1.74. The number of carbonyl (C=O) groups is 2. The lowest BCUT2D eigenvalue weighted by Gasteiger charge is -2.41. The van der Waals surface area contributed by atoms with E-state index < -0.39 is 22.8 Å². The molecule has 4 heterocycles. The number of hydrogen-bond donors (Lipinski definition) is 1. The summed E-state index contributed by atoms with van der Waals surface area (Å²) in [5.74, 6) is 0.818. The fourth-order valence-electron chi connectivity index (χ4n) is 5.28. The maximum absolute atomic E-state index is 12.6. The maximum Gasteiger partial charge on any atom is 0.327 e. The lowest BCUT2D eigenvalue weighted by atomic mass is 9.92. The van der Waals surface area contributed by atoms with Crippen LogP contribution in [0.25, 0.3) is 0 Å². The van der Waals surface area contributed by atoms with E-state index in [-0.39, 0.29) is 23.7 Å². The molecule has 184 valence electrons. The van der Waals surface area contributed by atoms with Gasteiger partial charge in [0.2, 0.25) is 0 Å². The van der Waals surface area contributed by atoms with Crippen molar-refractivity contribution in [2.45, 2.75) is 88.5 Å². The van der Waals surface area contributed by atoms with E-state index in [1.54, 1.807) is 11.8 Å². The van der Waals surface area contributed by atoms with Gasteiger partial charge in [-0.1, -0.05) is 6.92 Å². The first-order valence-corrected chi connectivity index (χ1v) is 12.6. The van der Waals surface area contributed by atoms with Crippen LogP contribution in [0.2, 0.25) is 0 Å². The van der Waals surface area contributed by atoms with Gasteiger partial charge in [-0.3, -0.25) is 9.79 Å². The molecule has 3 aliphatic rings. The third-order valence-electron chi connectivity index (χ3n) is 6.99. The lowest BCUT2D eigenvalue weighted by Crippen LogP contribution is -2.65. The van der Waals surface area contributed by atoms with E-state index in [0.29, 0.717) is 0 Å². The molecule has 2 unspecified atom stereocenters. The third-order valence-corrected chi connectivity index (χ3v) is 8.55. The van der Waals surface area contributed by atoms with Crippen molar-refractivity contribution in [2.75, 3.05) is 13.1 Å². The van der Waals surface area contributed by atoms with Crippen LogP contribution in [-0.4, -0.2) is 78.0 Å². The van der Waals surface area contributed by atoms with Gasteiger partial charge in [0.25, 0.3) is 5.91 Å². The number of carboxylic acids is 1. The van der Waals surface area contributed by atoms with Gasteiger partial charge in [-0.15, -0.1) is 24.2 Å². The van der Waals surface area contributed by atoms with Gasteiger partial charge in [0, 0.05) is 37.0 Å². The molecular weight excluding hydrogens is 462 g/mol. The summed E-state index contributed by atoms with van der Waals surface area (Å²) in [7, 11) is 0. The number of carbonyl (C=O) groups excluding carboxylic acids is 1. The monoisotopic (exact) mass is 497 g/mol. The Morgan fingerprint density at radius 1 is 1.36 bits per heavy atom. The molecule has 10 heteroatoms. The van der Waals surface area contributed by atoms with Crippen LogP contribution in [0.15, 0.2) is 11.2 Å². The van der Waals surface area contributed by atoms with E-state index >= 15 is 0 Å². The van der Waals surface area contributed by atoms with Crippen molar-refractivity contribution in [2.24, 2.45) is 10.9 Å². The second kappa shape index (κ2) is 10.3. The molecule has 3 aliphatic heterocycles. The molecule has 0 saturated carbocycles. The van der Waals surface area contributed by atoms with Crippen molar-refractivity contribution in [3.05, 3.63) is 17.7 Å². The molecule has 0 aliphatic carbocycles. The SMILES string of the molecule is CCc1nc(C)cn1CCCC1CCN(C=NC2C(=O)N3C2SC(C)(C)[C@@H]3C(=O)O)CC1.Cl. The zero-order valence-electron chi connectivity index (χ0n) is 19.9. The Kier molecular flexibility index (Phi) is 8.04. The van der Waals surface area contributed by atoms with Crippen molar-refractivity contribution in [3.8, 4) is 0 Å². The first-order chi connectivity index (χ1) is 15.2. The zero-order chi connectivity index (χ0) is 23.0. The summed E-state index contributed by atoms with van der Waals surface area (Å²) in [6, 6.07) is -1.22. The van der Waals surface area contributed by atoms with Crippen LogP contribution in [0, 0.1) is 12.8 Å². The first kappa shape index (κ1) is 25.9. The number of rotatable bonds is 8. The highest BCUT2D eigenvalue weighted by atomic mass is 35.5. The number of fused-ring (bicyclic) bond motifs is 1. The number of amides is 1. The topological polar surface area (TPSA) is 91.0 Å². The van der Waals surface area contributed by atoms with Crippen molar-refractivity contribution >= 4 is 42.4 Å². The van der Waals surface area contributed by atoms with Crippen molar-refractivity contribution in [1.29, 1.82) is 0 Å². The fourth-order valence-corrected chi connectivity index (χ4v) is 6.90. The molecule has 3 fully saturated rings. The second-order valence-electron chi connectivity index (χ2n) is 9.77. The molecule has 1 aromatic rings. The Labute approximate surface area is 206 Å². The summed E-state index contributed by atoms with van der Waals surface area (Å²) >= 11 is 1.55. The molecule has 0 bridgehead atoms. The Balaban J connectivity index is 0.00000306. The molecular formula is C23H36ClN5O3S. The molecule has 3 atom stereocenters. The molecule has 33 heavy (non-hydrogen) atoms. The predicted molar refractivity (Wildman–Crippen MR) is 133 cm³/mol. The fraction of sp³-hybridized carbons (Fsp3) is 0.739. The summed E-state index contributed by atoms with van der Waals surface area (Å²) in [6.07, 6.45) is 9.65. The van der Waals surface area contributed by atoms with Crippen LogP contribution in [0.5, 0.6) is 0 Å².